The maximum Gasteiger partial charge on any atom is 0.325 e. The summed E-state index contributed by atoms with van der Waals surface area (Å²) >= 11 is 0. The zero-order chi connectivity index (χ0) is 17.8. The van der Waals surface area contributed by atoms with Crippen molar-refractivity contribution in [2.45, 2.75) is 37.8 Å². The first-order valence-electron chi connectivity index (χ1n) is 8.85. The SMILES string of the molecule is O=C(O)[C@H](c1ccc(NC(=O)N2CCCC2)cc1)N1CCC(O)CC1. The van der Waals surface area contributed by atoms with Crippen LogP contribution in [0.3, 0.4) is 0 Å². The molecule has 1 atom stereocenters. The predicted molar refractivity (Wildman–Crippen MR) is 93.5 cm³/mol. The van der Waals surface area contributed by atoms with E-state index in [1.807, 2.05) is 4.90 Å². The Kier molecular flexibility index (Phi) is 5.55. The summed E-state index contributed by atoms with van der Waals surface area (Å²) in [5.74, 6) is -0.898. The Morgan fingerprint density at radius 1 is 1.04 bits per heavy atom. The Balaban J connectivity index is 1.66. The Labute approximate surface area is 147 Å². The zero-order valence-corrected chi connectivity index (χ0v) is 14.2. The molecule has 136 valence electrons. The topological polar surface area (TPSA) is 93.1 Å². The molecule has 1 aromatic rings. The Hall–Kier alpha value is -2.12. The van der Waals surface area contributed by atoms with Crippen molar-refractivity contribution < 1.29 is 19.8 Å². The van der Waals surface area contributed by atoms with Gasteiger partial charge in [-0.15, -0.1) is 0 Å². The highest BCUT2D eigenvalue weighted by Gasteiger charge is 2.30. The molecule has 0 bridgehead atoms. The number of aliphatic hydroxyl groups excluding tert-OH is 1. The number of rotatable bonds is 4. The average Bonchev–Trinajstić information content (AvgIpc) is 3.13. The van der Waals surface area contributed by atoms with E-state index in [1.54, 1.807) is 29.2 Å². The third-order valence-corrected chi connectivity index (χ3v) is 4.97. The lowest BCUT2D eigenvalue weighted by Crippen LogP contribution is -2.41. The quantitative estimate of drug-likeness (QED) is 0.773. The number of hydrogen-bond acceptors (Lipinski definition) is 4. The Morgan fingerprint density at radius 3 is 2.20 bits per heavy atom. The second kappa shape index (κ2) is 7.84. The van der Waals surface area contributed by atoms with Crippen LogP contribution in [-0.4, -0.2) is 64.3 Å². The normalized spacial score (nSPS) is 20.4. The molecule has 2 amide bonds. The lowest BCUT2D eigenvalue weighted by molar-refractivity contribution is -0.144. The number of carboxylic acids is 1. The molecule has 0 aromatic heterocycles. The number of carbonyl (C=O) groups excluding carboxylic acids is 1. The predicted octanol–water partition coefficient (Wildman–Crippen LogP) is 1.90. The zero-order valence-electron chi connectivity index (χ0n) is 14.2. The number of carbonyl (C=O) groups is 2. The number of benzene rings is 1. The largest absolute Gasteiger partial charge is 0.480 e. The van der Waals surface area contributed by atoms with Crippen LogP contribution in [0.2, 0.25) is 0 Å². The first-order valence-corrected chi connectivity index (χ1v) is 8.85. The summed E-state index contributed by atoms with van der Waals surface area (Å²) in [7, 11) is 0. The summed E-state index contributed by atoms with van der Waals surface area (Å²) in [6.45, 7) is 2.69. The highest BCUT2D eigenvalue weighted by molar-refractivity contribution is 5.89. The summed E-state index contributed by atoms with van der Waals surface area (Å²) in [5.41, 5.74) is 1.35. The summed E-state index contributed by atoms with van der Waals surface area (Å²) in [4.78, 5) is 27.5. The van der Waals surface area contributed by atoms with E-state index in [0.29, 0.717) is 37.2 Å². The maximum absolute atomic E-state index is 12.1. The minimum atomic E-state index is -0.898. The Morgan fingerprint density at radius 2 is 1.64 bits per heavy atom. The molecule has 2 aliphatic rings. The van der Waals surface area contributed by atoms with Crippen LogP contribution in [-0.2, 0) is 4.79 Å². The number of likely N-dealkylation sites (tertiary alicyclic amines) is 2. The van der Waals surface area contributed by atoms with Gasteiger partial charge < -0.3 is 20.4 Å². The third kappa shape index (κ3) is 4.29. The molecule has 0 saturated carbocycles. The molecule has 0 radical (unpaired) electrons. The number of piperidine rings is 1. The summed E-state index contributed by atoms with van der Waals surface area (Å²) in [6.07, 6.45) is 2.92. The van der Waals surface area contributed by atoms with E-state index >= 15 is 0 Å². The van der Waals surface area contributed by atoms with Gasteiger partial charge in [0, 0.05) is 31.9 Å². The molecular weight excluding hydrogens is 322 g/mol. The molecule has 2 heterocycles. The van der Waals surface area contributed by atoms with E-state index in [0.717, 1.165) is 25.9 Å². The number of aliphatic hydroxyl groups is 1. The van der Waals surface area contributed by atoms with E-state index in [4.69, 9.17) is 0 Å². The standard InChI is InChI=1S/C18H25N3O4/c22-15-7-11-20(12-8-15)16(17(23)24)13-3-5-14(6-4-13)19-18(25)21-9-1-2-10-21/h3-6,15-16,22H,1-2,7-12H2,(H,19,25)(H,23,24)/t16-/m0/s1. The number of nitrogens with zero attached hydrogens (tertiary/aromatic N) is 2. The molecule has 25 heavy (non-hydrogen) atoms. The maximum atomic E-state index is 12.1. The van der Waals surface area contributed by atoms with E-state index in [1.165, 1.54) is 0 Å². The second-order valence-electron chi connectivity index (χ2n) is 6.75. The molecule has 2 fully saturated rings. The van der Waals surface area contributed by atoms with Gasteiger partial charge in [0.15, 0.2) is 0 Å². The van der Waals surface area contributed by atoms with Crippen molar-refractivity contribution in [2.75, 3.05) is 31.5 Å². The van der Waals surface area contributed by atoms with E-state index in [2.05, 4.69) is 5.32 Å². The molecule has 0 aliphatic carbocycles. The van der Waals surface area contributed by atoms with Gasteiger partial charge in [0.05, 0.1) is 6.10 Å². The fraction of sp³-hybridized carbons (Fsp3) is 0.556. The lowest BCUT2D eigenvalue weighted by Gasteiger charge is -2.34. The van der Waals surface area contributed by atoms with Crippen molar-refractivity contribution in [1.29, 1.82) is 0 Å². The van der Waals surface area contributed by atoms with Gasteiger partial charge in [0.25, 0.3) is 0 Å². The molecule has 0 spiro atoms. The fourth-order valence-corrected chi connectivity index (χ4v) is 3.53. The molecule has 7 nitrogen and oxygen atoms in total. The first-order chi connectivity index (χ1) is 12.0. The van der Waals surface area contributed by atoms with E-state index < -0.39 is 12.0 Å². The molecular formula is C18H25N3O4. The van der Waals surface area contributed by atoms with Crippen molar-refractivity contribution in [1.82, 2.24) is 9.80 Å². The molecule has 3 N–H and O–H groups in total. The lowest BCUT2D eigenvalue weighted by atomic mass is 10.0. The van der Waals surface area contributed by atoms with Gasteiger partial charge in [-0.1, -0.05) is 12.1 Å². The van der Waals surface area contributed by atoms with Crippen molar-refractivity contribution in [3.8, 4) is 0 Å². The number of nitrogens with one attached hydrogen (secondary N) is 1. The fourth-order valence-electron chi connectivity index (χ4n) is 3.53. The number of anilines is 1. The van der Waals surface area contributed by atoms with E-state index in [-0.39, 0.29) is 12.1 Å². The van der Waals surface area contributed by atoms with Gasteiger partial charge in [-0.2, -0.15) is 0 Å². The van der Waals surface area contributed by atoms with Crippen molar-refractivity contribution >= 4 is 17.7 Å². The summed E-state index contributed by atoms with van der Waals surface area (Å²) in [6, 6.07) is 6.17. The number of urea groups is 1. The highest BCUT2D eigenvalue weighted by Crippen LogP contribution is 2.26. The van der Waals surface area contributed by atoms with Gasteiger partial charge in [0.1, 0.15) is 6.04 Å². The third-order valence-electron chi connectivity index (χ3n) is 4.97. The van der Waals surface area contributed by atoms with Gasteiger partial charge >= 0.3 is 12.0 Å². The highest BCUT2D eigenvalue weighted by atomic mass is 16.4. The van der Waals surface area contributed by atoms with E-state index in [9.17, 15) is 19.8 Å². The molecule has 0 unspecified atom stereocenters. The molecule has 7 heteroatoms. The first kappa shape index (κ1) is 17.7. The van der Waals surface area contributed by atoms with Gasteiger partial charge in [-0.25, -0.2) is 4.79 Å². The van der Waals surface area contributed by atoms with Crippen LogP contribution in [0.4, 0.5) is 10.5 Å². The summed E-state index contributed by atoms with van der Waals surface area (Å²) in [5, 5.41) is 22.1. The van der Waals surface area contributed by atoms with Gasteiger partial charge in [-0.05, 0) is 43.4 Å². The average molecular weight is 347 g/mol. The van der Waals surface area contributed by atoms with Crippen LogP contribution in [0.1, 0.15) is 37.3 Å². The monoisotopic (exact) mass is 347 g/mol. The van der Waals surface area contributed by atoms with Crippen molar-refractivity contribution in [3.05, 3.63) is 29.8 Å². The molecule has 3 rings (SSSR count). The molecule has 2 aliphatic heterocycles. The van der Waals surface area contributed by atoms with Crippen LogP contribution < -0.4 is 5.32 Å². The smallest absolute Gasteiger partial charge is 0.325 e. The summed E-state index contributed by atoms with van der Waals surface area (Å²) < 4.78 is 0. The minimum absolute atomic E-state index is 0.106. The van der Waals surface area contributed by atoms with Crippen molar-refractivity contribution in [3.63, 3.8) is 0 Å². The Bertz CT molecular complexity index is 605. The number of hydrogen-bond donors (Lipinski definition) is 3. The molecule has 2 saturated heterocycles. The second-order valence-corrected chi connectivity index (χ2v) is 6.75. The van der Waals surface area contributed by atoms with Crippen LogP contribution in [0.15, 0.2) is 24.3 Å². The molecule has 1 aromatic carbocycles. The number of amides is 2. The van der Waals surface area contributed by atoms with Crippen LogP contribution >= 0.6 is 0 Å². The van der Waals surface area contributed by atoms with Crippen LogP contribution in [0.5, 0.6) is 0 Å². The van der Waals surface area contributed by atoms with Crippen LogP contribution in [0.25, 0.3) is 0 Å². The van der Waals surface area contributed by atoms with Crippen LogP contribution in [0, 0.1) is 0 Å². The number of carboxylic acid groups (broad SMARTS) is 1. The van der Waals surface area contributed by atoms with Gasteiger partial charge in [-0.3, -0.25) is 9.69 Å². The van der Waals surface area contributed by atoms with Crippen molar-refractivity contribution in [2.24, 2.45) is 0 Å². The number of aliphatic carboxylic acids is 1. The minimum Gasteiger partial charge on any atom is -0.480 e. The van der Waals surface area contributed by atoms with Gasteiger partial charge in [0.2, 0.25) is 0 Å².